The molecule has 0 radical (unpaired) electrons. The number of nitrogens with two attached hydrogens (primary N) is 1. The van der Waals surface area contributed by atoms with Crippen LogP contribution in [0.2, 0.25) is 0 Å². The average Bonchev–Trinajstić information content (AvgIpc) is 3.19. The van der Waals surface area contributed by atoms with E-state index in [0.717, 1.165) is 35.3 Å². The molecule has 2 aromatic rings. The van der Waals surface area contributed by atoms with Crippen molar-refractivity contribution in [3.8, 4) is 0 Å². The number of carbonyl (C=O) groups excluding carboxylic acids is 1. The smallest absolute Gasteiger partial charge is 0.264 e. The van der Waals surface area contributed by atoms with E-state index < -0.39 is 6.43 Å². The topological polar surface area (TPSA) is 90.6 Å². The standard InChI is InChI=1S/C22H26F2N6O/c1-13(31)29-7-5-19-18(12-29)22(28-27-19)30-6-3-4-14-8-16(15(10-25)11-26-2)17(21(23)24)9-20(14)30/h8-11,21H,3-7,12,25H2,1-2H3,(H,27,28). The molecule has 0 saturated carbocycles. The first kappa shape index (κ1) is 21.0. The van der Waals surface area contributed by atoms with Crippen molar-refractivity contribution >= 4 is 29.2 Å². The van der Waals surface area contributed by atoms with Gasteiger partial charge in [0.2, 0.25) is 5.91 Å². The molecule has 9 heteroatoms. The maximum atomic E-state index is 14.0. The van der Waals surface area contributed by atoms with Gasteiger partial charge in [0.1, 0.15) is 0 Å². The Bertz CT molecular complexity index is 1060. The third-order valence-electron chi connectivity index (χ3n) is 5.98. The molecular weight excluding hydrogens is 402 g/mol. The number of hydrogen-bond donors (Lipinski definition) is 2. The molecule has 0 spiro atoms. The first-order valence-corrected chi connectivity index (χ1v) is 10.3. The summed E-state index contributed by atoms with van der Waals surface area (Å²) in [5.74, 6) is 0.722. The zero-order valence-electron chi connectivity index (χ0n) is 17.7. The van der Waals surface area contributed by atoms with Crippen molar-refractivity contribution in [3.63, 3.8) is 0 Å². The third-order valence-corrected chi connectivity index (χ3v) is 5.98. The fourth-order valence-electron chi connectivity index (χ4n) is 4.41. The van der Waals surface area contributed by atoms with Gasteiger partial charge in [0.15, 0.2) is 5.82 Å². The number of nitrogens with zero attached hydrogens (tertiary/aromatic N) is 4. The summed E-state index contributed by atoms with van der Waals surface area (Å²) in [6.45, 7) is 3.34. The van der Waals surface area contributed by atoms with E-state index in [1.165, 1.54) is 12.4 Å². The number of aromatic nitrogens is 2. The molecule has 0 fully saturated rings. The molecule has 3 N–H and O–H groups in total. The van der Waals surface area contributed by atoms with E-state index >= 15 is 0 Å². The lowest BCUT2D eigenvalue weighted by Crippen LogP contribution is -2.35. The van der Waals surface area contributed by atoms with Gasteiger partial charge in [0.25, 0.3) is 6.43 Å². The number of rotatable bonds is 4. The number of alkyl halides is 2. The SMILES string of the molecule is CN=CC(=CN)c1cc2c(cc1C(F)F)N(c1n[nH]c3c1CN(C(C)=O)CC3)CCC2. The summed E-state index contributed by atoms with van der Waals surface area (Å²) in [7, 11) is 1.58. The van der Waals surface area contributed by atoms with Gasteiger partial charge in [-0.05, 0) is 36.1 Å². The predicted molar refractivity (Wildman–Crippen MR) is 117 cm³/mol. The summed E-state index contributed by atoms with van der Waals surface area (Å²) in [5, 5.41) is 7.60. The van der Waals surface area contributed by atoms with Crippen LogP contribution in [0.3, 0.4) is 0 Å². The molecule has 0 unspecified atom stereocenters. The minimum absolute atomic E-state index is 0.0140. The van der Waals surface area contributed by atoms with Gasteiger partial charge in [0.05, 0.1) is 6.54 Å². The van der Waals surface area contributed by atoms with Crippen LogP contribution in [0.1, 0.15) is 47.7 Å². The van der Waals surface area contributed by atoms with Gasteiger partial charge < -0.3 is 15.5 Å². The molecule has 31 heavy (non-hydrogen) atoms. The van der Waals surface area contributed by atoms with Crippen LogP contribution in [0.5, 0.6) is 0 Å². The molecule has 0 atom stereocenters. The zero-order chi connectivity index (χ0) is 22.1. The number of amides is 1. The fraction of sp³-hybridized carbons (Fsp3) is 0.409. The highest BCUT2D eigenvalue weighted by Gasteiger charge is 2.30. The summed E-state index contributed by atoms with van der Waals surface area (Å²) >= 11 is 0. The summed E-state index contributed by atoms with van der Waals surface area (Å²) in [6.07, 6.45) is 2.48. The van der Waals surface area contributed by atoms with Crippen molar-refractivity contribution in [2.24, 2.45) is 10.7 Å². The Morgan fingerprint density at radius 1 is 1.32 bits per heavy atom. The van der Waals surface area contributed by atoms with Crippen LogP contribution in [-0.2, 0) is 24.2 Å². The number of allylic oxidation sites excluding steroid dienone is 1. The van der Waals surface area contributed by atoms with E-state index in [0.29, 0.717) is 43.0 Å². The monoisotopic (exact) mass is 428 g/mol. The van der Waals surface area contributed by atoms with Crippen LogP contribution >= 0.6 is 0 Å². The van der Waals surface area contributed by atoms with Crippen molar-refractivity contribution in [1.29, 1.82) is 0 Å². The quantitative estimate of drug-likeness (QED) is 0.731. The number of fused-ring (bicyclic) bond motifs is 2. The highest BCUT2D eigenvalue weighted by molar-refractivity contribution is 6.10. The van der Waals surface area contributed by atoms with E-state index in [2.05, 4.69) is 15.2 Å². The molecule has 2 aliphatic rings. The number of anilines is 2. The van der Waals surface area contributed by atoms with Crippen LogP contribution in [-0.4, -0.2) is 47.4 Å². The Labute approximate surface area is 179 Å². The molecule has 0 bridgehead atoms. The number of halogens is 2. The van der Waals surface area contributed by atoms with Crippen LogP contribution in [0.15, 0.2) is 23.3 Å². The van der Waals surface area contributed by atoms with Crippen molar-refractivity contribution in [1.82, 2.24) is 15.1 Å². The summed E-state index contributed by atoms with van der Waals surface area (Å²) < 4.78 is 28.0. The van der Waals surface area contributed by atoms with Gasteiger partial charge in [-0.2, -0.15) is 5.10 Å². The zero-order valence-corrected chi connectivity index (χ0v) is 17.7. The van der Waals surface area contributed by atoms with Crippen molar-refractivity contribution in [2.45, 2.75) is 39.2 Å². The van der Waals surface area contributed by atoms with E-state index in [4.69, 9.17) is 5.73 Å². The molecule has 0 aliphatic carbocycles. The lowest BCUT2D eigenvalue weighted by molar-refractivity contribution is -0.129. The van der Waals surface area contributed by atoms with Crippen LogP contribution in [0.4, 0.5) is 20.3 Å². The molecule has 0 saturated heterocycles. The Hall–Kier alpha value is -3.23. The van der Waals surface area contributed by atoms with Gasteiger partial charge in [-0.1, -0.05) is 0 Å². The molecule has 2 aliphatic heterocycles. The Kier molecular flexibility index (Phi) is 5.75. The van der Waals surface area contributed by atoms with Gasteiger partial charge >= 0.3 is 0 Å². The number of nitrogens with one attached hydrogen (secondary N) is 1. The first-order valence-electron chi connectivity index (χ1n) is 10.3. The van der Waals surface area contributed by atoms with Gasteiger partial charge in [-0.15, -0.1) is 0 Å². The van der Waals surface area contributed by atoms with Crippen LogP contribution in [0.25, 0.3) is 5.57 Å². The molecule has 1 amide bonds. The molecule has 1 aromatic heterocycles. The second kappa shape index (κ2) is 8.49. The summed E-state index contributed by atoms with van der Waals surface area (Å²) in [5.41, 5.74) is 10.1. The first-order chi connectivity index (χ1) is 14.9. The van der Waals surface area contributed by atoms with Gasteiger partial charge in [-0.3, -0.25) is 14.9 Å². The van der Waals surface area contributed by atoms with Gasteiger partial charge in [0, 0.05) is 74.0 Å². The van der Waals surface area contributed by atoms with Crippen LogP contribution < -0.4 is 10.6 Å². The van der Waals surface area contributed by atoms with Crippen molar-refractivity contribution < 1.29 is 13.6 Å². The molecule has 3 heterocycles. The van der Waals surface area contributed by atoms with Crippen molar-refractivity contribution in [3.05, 3.63) is 46.3 Å². The molecule has 1 aromatic carbocycles. The Morgan fingerprint density at radius 3 is 2.81 bits per heavy atom. The third kappa shape index (κ3) is 3.80. The van der Waals surface area contributed by atoms with Gasteiger partial charge in [-0.25, -0.2) is 8.78 Å². The molecule has 7 nitrogen and oxygen atoms in total. The number of carbonyl (C=O) groups is 1. The normalized spacial score (nSPS) is 16.7. The maximum absolute atomic E-state index is 14.0. The van der Waals surface area contributed by atoms with Crippen molar-refractivity contribution in [2.75, 3.05) is 25.0 Å². The van der Waals surface area contributed by atoms with Crippen LogP contribution in [0, 0.1) is 0 Å². The maximum Gasteiger partial charge on any atom is 0.264 e. The second-order valence-electron chi connectivity index (χ2n) is 7.83. The number of H-pyrrole nitrogens is 1. The summed E-state index contributed by atoms with van der Waals surface area (Å²) in [4.78, 5) is 19.6. The Balaban J connectivity index is 1.80. The number of aromatic amines is 1. The minimum Gasteiger partial charge on any atom is -0.404 e. The number of aliphatic imine (C=N–C) groups is 1. The number of benzene rings is 1. The lowest BCUT2D eigenvalue weighted by Gasteiger charge is -2.33. The number of hydrogen-bond acceptors (Lipinski definition) is 5. The van der Waals surface area contributed by atoms with E-state index in [1.54, 1.807) is 31.0 Å². The average molecular weight is 428 g/mol. The molecular formula is C22H26F2N6O. The van der Waals surface area contributed by atoms with E-state index in [1.807, 2.05) is 4.90 Å². The summed E-state index contributed by atoms with van der Waals surface area (Å²) in [6, 6.07) is 3.35. The molecule has 4 rings (SSSR count). The number of aryl methyl sites for hydroxylation is 1. The largest absolute Gasteiger partial charge is 0.404 e. The highest BCUT2D eigenvalue weighted by atomic mass is 19.3. The predicted octanol–water partition coefficient (Wildman–Crippen LogP) is 3.34. The molecule has 164 valence electrons. The Morgan fingerprint density at radius 2 is 2.13 bits per heavy atom. The van der Waals surface area contributed by atoms with E-state index in [-0.39, 0.29) is 11.5 Å². The minimum atomic E-state index is -2.66. The lowest BCUT2D eigenvalue weighted by atomic mass is 9.92. The van der Waals surface area contributed by atoms with E-state index in [9.17, 15) is 13.6 Å². The highest BCUT2D eigenvalue weighted by Crippen LogP contribution is 2.41. The second-order valence-corrected chi connectivity index (χ2v) is 7.83. The fourth-order valence-corrected chi connectivity index (χ4v) is 4.41.